The van der Waals surface area contributed by atoms with Gasteiger partial charge in [0.25, 0.3) is 0 Å². The molecule has 0 saturated heterocycles. The van der Waals surface area contributed by atoms with E-state index in [1.165, 1.54) is 0 Å². The van der Waals surface area contributed by atoms with Crippen LogP contribution in [0.2, 0.25) is 0 Å². The Balaban J connectivity index is 0.000000255. The molecule has 0 amide bonds. The highest BCUT2D eigenvalue weighted by atomic mass is 31.2. The summed E-state index contributed by atoms with van der Waals surface area (Å²) in [6.07, 6.45) is 4.69. The van der Waals surface area contributed by atoms with Crippen LogP contribution >= 0.6 is 7.82 Å². The molecule has 0 aliphatic carbocycles. The first kappa shape index (κ1) is 13.4. The summed E-state index contributed by atoms with van der Waals surface area (Å²) in [6, 6.07) is 0. The number of phosphoric acid groups is 1. The third kappa shape index (κ3) is 5.24. The summed E-state index contributed by atoms with van der Waals surface area (Å²) in [5, 5.41) is 0. The zero-order valence-corrected chi connectivity index (χ0v) is 9.68. The van der Waals surface area contributed by atoms with E-state index in [9.17, 15) is 4.57 Å². The Labute approximate surface area is 84.0 Å². The van der Waals surface area contributed by atoms with E-state index in [0.717, 1.165) is 7.11 Å². The zero-order chi connectivity index (χ0) is 11.4. The van der Waals surface area contributed by atoms with Crippen LogP contribution in [0.3, 0.4) is 0 Å². The zero-order valence-electron chi connectivity index (χ0n) is 8.78. The smallest absolute Gasteiger partial charge is 0.359 e. The minimum atomic E-state index is -4.15. The molecular weight excluding hydrogens is 207 g/mol. The van der Waals surface area contributed by atoms with Crippen molar-refractivity contribution < 1.29 is 18.9 Å². The maximum absolute atomic E-state index is 9.47. The van der Waals surface area contributed by atoms with E-state index in [-0.39, 0.29) is 0 Å². The fourth-order valence-corrected chi connectivity index (χ4v) is 0.747. The van der Waals surface area contributed by atoms with Crippen LogP contribution in [0.25, 0.3) is 0 Å². The quantitative estimate of drug-likeness (QED) is 0.628. The molecule has 0 aromatic rings. The van der Waals surface area contributed by atoms with Crippen molar-refractivity contribution in [2.75, 3.05) is 21.2 Å². The van der Waals surface area contributed by atoms with E-state index < -0.39 is 7.82 Å². The second kappa shape index (κ2) is 5.36. The first-order valence-corrected chi connectivity index (χ1v) is 5.54. The summed E-state index contributed by atoms with van der Waals surface area (Å²) in [5.74, 6) is 0. The van der Waals surface area contributed by atoms with Gasteiger partial charge in [-0.15, -0.1) is 0 Å². The Morgan fingerprint density at radius 1 is 1.29 bits per heavy atom. The molecule has 0 fully saturated rings. The Hall–Kier alpha value is -0.550. The van der Waals surface area contributed by atoms with Gasteiger partial charge in [-0.2, -0.15) is 0 Å². The highest BCUT2D eigenvalue weighted by molar-refractivity contribution is 7.46. The van der Waals surface area contributed by atoms with E-state index in [2.05, 4.69) is 47.7 Å². The number of nitrogens with zero attached hydrogens (tertiary/aromatic N) is 2. The minimum absolute atomic E-state index is 0.537. The summed E-state index contributed by atoms with van der Waals surface area (Å²) < 4.78 is 13.1. The van der Waals surface area contributed by atoms with Gasteiger partial charge < -0.3 is 19.6 Å². The van der Waals surface area contributed by atoms with Crippen molar-refractivity contribution in [3.8, 4) is 0 Å². The predicted molar refractivity (Wildman–Crippen MR) is 53.2 cm³/mol. The van der Waals surface area contributed by atoms with Crippen molar-refractivity contribution in [3.63, 3.8) is 0 Å². The van der Waals surface area contributed by atoms with Gasteiger partial charge >= 0.3 is 7.82 Å². The van der Waals surface area contributed by atoms with Crippen molar-refractivity contribution in [1.82, 2.24) is 9.80 Å². The van der Waals surface area contributed by atoms with E-state index in [1.54, 1.807) is 0 Å². The van der Waals surface area contributed by atoms with Gasteiger partial charge in [-0.05, 0) is 6.92 Å². The standard InChI is InChI=1S/C6H12N2.CH5O4P/c1-6-7(2)4-5-8(6)3;1-5-6(2,3)4/h4-6H,1-3H3;1H3,(H2,2,3,4). The Bertz CT molecular complexity index is 228. The molecule has 7 heteroatoms. The van der Waals surface area contributed by atoms with Crippen LogP contribution in [-0.2, 0) is 9.09 Å². The summed E-state index contributed by atoms with van der Waals surface area (Å²) in [7, 11) is 0.947. The first-order valence-electron chi connectivity index (χ1n) is 4.01. The molecule has 0 radical (unpaired) electrons. The normalized spacial score (nSPS) is 17.0. The molecule has 0 aromatic heterocycles. The van der Waals surface area contributed by atoms with Crippen molar-refractivity contribution in [2.45, 2.75) is 13.1 Å². The second-order valence-corrected chi connectivity index (χ2v) is 4.28. The molecule has 84 valence electrons. The molecule has 14 heavy (non-hydrogen) atoms. The van der Waals surface area contributed by atoms with Crippen molar-refractivity contribution in [3.05, 3.63) is 12.4 Å². The lowest BCUT2D eigenvalue weighted by Gasteiger charge is -2.22. The van der Waals surface area contributed by atoms with Crippen LogP contribution in [0.15, 0.2) is 12.4 Å². The van der Waals surface area contributed by atoms with E-state index >= 15 is 0 Å². The largest absolute Gasteiger partial charge is 0.469 e. The van der Waals surface area contributed by atoms with E-state index in [4.69, 9.17) is 9.79 Å². The van der Waals surface area contributed by atoms with Crippen molar-refractivity contribution in [1.29, 1.82) is 0 Å². The molecule has 2 N–H and O–H groups in total. The Kier molecular flexibility index (Phi) is 5.15. The Morgan fingerprint density at radius 2 is 1.57 bits per heavy atom. The molecule has 0 saturated carbocycles. The molecule has 0 spiro atoms. The lowest BCUT2D eigenvalue weighted by molar-refractivity contribution is 0.226. The fraction of sp³-hybridized carbons (Fsp3) is 0.714. The minimum Gasteiger partial charge on any atom is -0.359 e. The number of hydrogen-bond donors (Lipinski definition) is 2. The average Bonchev–Trinajstić information content (AvgIpc) is 2.36. The summed E-state index contributed by atoms with van der Waals surface area (Å²) in [5.41, 5.74) is 0. The van der Waals surface area contributed by atoms with Crippen LogP contribution in [0.5, 0.6) is 0 Å². The third-order valence-corrected chi connectivity index (χ3v) is 2.43. The van der Waals surface area contributed by atoms with Gasteiger partial charge in [0.1, 0.15) is 0 Å². The second-order valence-electron chi connectivity index (χ2n) is 2.93. The predicted octanol–water partition coefficient (Wildman–Crippen LogP) is 0.406. The van der Waals surface area contributed by atoms with Gasteiger partial charge in [-0.1, -0.05) is 0 Å². The lowest BCUT2D eigenvalue weighted by Crippen LogP contribution is -2.30. The van der Waals surface area contributed by atoms with Gasteiger partial charge in [0.05, 0.1) is 6.17 Å². The van der Waals surface area contributed by atoms with Crippen LogP contribution in [0, 0.1) is 0 Å². The first-order chi connectivity index (χ1) is 6.28. The maximum atomic E-state index is 9.47. The monoisotopic (exact) mass is 224 g/mol. The number of phosphoric ester groups is 1. The molecule has 1 aliphatic heterocycles. The third-order valence-electron chi connectivity index (χ3n) is 1.95. The molecular formula is C7H17N2O4P. The maximum Gasteiger partial charge on any atom is 0.469 e. The van der Waals surface area contributed by atoms with E-state index in [0.29, 0.717) is 6.17 Å². The molecule has 1 heterocycles. The Morgan fingerprint density at radius 3 is 1.64 bits per heavy atom. The summed E-state index contributed by atoms with van der Waals surface area (Å²) in [4.78, 5) is 19.8. The molecule has 0 bridgehead atoms. The number of hydrogen-bond acceptors (Lipinski definition) is 4. The topological polar surface area (TPSA) is 73.2 Å². The van der Waals surface area contributed by atoms with Gasteiger partial charge in [0, 0.05) is 33.6 Å². The molecule has 0 atom stereocenters. The number of rotatable bonds is 1. The van der Waals surface area contributed by atoms with Crippen molar-refractivity contribution in [2.24, 2.45) is 0 Å². The highest BCUT2D eigenvalue weighted by Gasteiger charge is 2.12. The molecule has 0 aromatic carbocycles. The van der Waals surface area contributed by atoms with Crippen LogP contribution in [0.1, 0.15) is 6.92 Å². The molecule has 0 unspecified atom stereocenters. The van der Waals surface area contributed by atoms with Gasteiger partial charge in [0.2, 0.25) is 0 Å². The summed E-state index contributed by atoms with van der Waals surface area (Å²) >= 11 is 0. The molecule has 1 rings (SSSR count). The summed E-state index contributed by atoms with van der Waals surface area (Å²) in [6.45, 7) is 2.17. The van der Waals surface area contributed by atoms with E-state index in [1.807, 2.05) is 0 Å². The van der Waals surface area contributed by atoms with Crippen molar-refractivity contribution >= 4 is 7.82 Å². The van der Waals surface area contributed by atoms with Gasteiger partial charge in [0.15, 0.2) is 0 Å². The van der Waals surface area contributed by atoms with Gasteiger partial charge in [-0.3, -0.25) is 4.52 Å². The fourth-order valence-electron chi connectivity index (χ4n) is 0.747. The highest BCUT2D eigenvalue weighted by Crippen LogP contribution is 2.33. The molecule has 6 nitrogen and oxygen atoms in total. The lowest BCUT2D eigenvalue weighted by atomic mass is 10.5. The van der Waals surface area contributed by atoms with Crippen LogP contribution in [0.4, 0.5) is 0 Å². The van der Waals surface area contributed by atoms with Gasteiger partial charge in [-0.25, -0.2) is 4.57 Å². The van der Waals surface area contributed by atoms with Crippen LogP contribution < -0.4 is 0 Å². The molecule has 1 aliphatic rings. The van der Waals surface area contributed by atoms with Crippen LogP contribution in [-0.4, -0.2) is 47.0 Å². The average molecular weight is 224 g/mol. The SMILES string of the molecule is CC1N(C)C=CN1C.COP(=O)(O)O.